The van der Waals surface area contributed by atoms with E-state index in [2.05, 4.69) is 38.6 Å². The Hall–Kier alpha value is -1.52. The molecule has 5 heteroatoms. The van der Waals surface area contributed by atoms with E-state index in [9.17, 15) is 0 Å². The summed E-state index contributed by atoms with van der Waals surface area (Å²) in [6.45, 7) is 0.457. The van der Waals surface area contributed by atoms with Crippen LogP contribution in [-0.2, 0) is 11.3 Å². The van der Waals surface area contributed by atoms with Gasteiger partial charge in [0.05, 0.1) is 12.3 Å². The molecule has 0 bridgehead atoms. The van der Waals surface area contributed by atoms with Gasteiger partial charge in [-0.05, 0) is 40.8 Å². The summed E-state index contributed by atoms with van der Waals surface area (Å²) in [7, 11) is 1.64. The molecule has 0 saturated carbocycles. The van der Waals surface area contributed by atoms with Gasteiger partial charge in [0, 0.05) is 34.2 Å². The van der Waals surface area contributed by atoms with Crippen LogP contribution in [0.2, 0.25) is 0 Å². The first-order valence-electron chi connectivity index (χ1n) is 5.25. The molecule has 0 saturated heterocycles. The number of nitrogens with zero attached hydrogens (tertiary/aromatic N) is 3. The first-order chi connectivity index (χ1) is 8.76. The lowest BCUT2D eigenvalue weighted by Gasteiger charge is -2.09. The summed E-state index contributed by atoms with van der Waals surface area (Å²) in [5.74, 6) is 0. The molecule has 0 amide bonds. The Labute approximate surface area is 119 Å². The Morgan fingerprint density at radius 1 is 1.50 bits per heavy atom. The van der Waals surface area contributed by atoms with Crippen LogP contribution in [0.1, 0.15) is 11.3 Å². The summed E-state index contributed by atoms with van der Waals surface area (Å²) >= 11 is 2.11. The average molecular weight is 351 g/mol. The van der Waals surface area contributed by atoms with Crippen LogP contribution in [-0.4, -0.2) is 17.1 Å². The van der Waals surface area contributed by atoms with Crippen LogP contribution in [0.25, 0.3) is 11.3 Å². The maximum absolute atomic E-state index is 9.05. The molecule has 0 radical (unpaired) electrons. The maximum Gasteiger partial charge on any atom is 0.154 e. The quantitative estimate of drug-likeness (QED) is 0.798. The fourth-order valence-electron chi connectivity index (χ4n) is 1.62. The summed E-state index contributed by atoms with van der Waals surface area (Å²) in [6, 6.07) is 7.79. The van der Waals surface area contributed by atoms with Gasteiger partial charge in [-0.1, -0.05) is 0 Å². The minimum absolute atomic E-state index is 0.425. The normalized spacial score (nSPS) is 10.1. The first-order valence-corrected chi connectivity index (χ1v) is 6.33. The number of ether oxygens (including phenoxy) is 1. The van der Waals surface area contributed by atoms with Crippen LogP contribution in [0.5, 0.6) is 0 Å². The fraction of sp³-hybridized carbons (Fsp3) is 0.154. The van der Waals surface area contributed by atoms with Gasteiger partial charge in [-0.25, -0.2) is 4.98 Å². The summed E-state index contributed by atoms with van der Waals surface area (Å²) in [4.78, 5) is 8.47. The predicted molar refractivity (Wildman–Crippen MR) is 75.6 cm³/mol. The van der Waals surface area contributed by atoms with E-state index in [1.54, 1.807) is 19.5 Å². The van der Waals surface area contributed by atoms with Crippen LogP contribution in [0.4, 0.5) is 0 Å². The van der Waals surface area contributed by atoms with Crippen molar-refractivity contribution in [1.82, 2.24) is 9.97 Å². The first kappa shape index (κ1) is 12.9. The molecule has 0 aliphatic heterocycles. The summed E-state index contributed by atoms with van der Waals surface area (Å²) in [6.07, 6.45) is 3.44. The minimum Gasteiger partial charge on any atom is -0.380 e. The van der Waals surface area contributed by atoms with Crippen molar-refractivity contribution in [1.29, 1.82) is 5.26 Å². The lowest BCUT2D eigenvalue weighted by Crippen LogP contribution is -2.00. The van der Waals surface area contributed by atoms with E-state index >= 15 is 0 Å². The lowest BCUT2D eigenvalue weighted by molar-refractivity contribution is 0.185. The highest BCUT2D eigenvalue weighted by molar-refractivity contribution is 14.1. The fourth-order valence-corrected chi connectivity index (χ4v) is 2.24. The number of aromatic nitrogens is 2. The second kappa shape index (κ2) is 5.89. The largest absolute Gasteiger partial charge is 0.380 e. The van der Waals surface area contributed by atoms with Crippen molar-refractivity contribution in [3.63, 3.8) is 0 Å². The molecule has 0 spiro atoms. The molecule has 0 atom stereocenters. The van der Waals surface area contributed by atoms with E-state index in [-0.39, 0.29) is 0 Å². The van der Waals surface area contributed by atoms with Crippen molar-refractivity contribution in [2.24, 2.45) is 0 Å². The van der Waals surface area contributed by atoms with Crippen molar-refractivity contribution in [3.05, 3.63) is 45.4 Å². The van der Waals surface area contributed by atoms with Gasteiger partial charge < -0.3 is 4.74 Å². The van der Waals surface area contributed by atoms with Crippen LogP contribution in [0.15, 0.2) is 30.6 Å². The topological polar surface area (TPSA) is 58.8 Å². The Balaban J connectivity index is 2.60. The van der Waals surface area contributed by atoms with Crippen LogP contribution in [0.3, 0.4) is 0 Å². The molecule has 0 unspecified atom stereocenters. The molecule has 0 N–H and O–H groups in total. The van der Waals surface area contributed by atoms with Gasteiger partial charge in [-0.3, -0.25) is 4.98 Å². The van der Waals surface area contributed by atoms with Gasteiger partial charge in [-0.15, -0.1) is 0 Å². The zero-order valence-corrected chi connectivity index (χ0v) is 11.9. The molecule has 0 aliphatic carbocycles. The number of pyridine rings is 2. The zero-order chi connectivity index (χ0) is 13.0. The van der Waals surface area contributed by atoms with Crippen molar-refractivity contribution in [2.45, 2.75) is 6.61 Å². The average Bonchev–Trinajstić information content (AvgIpc) is 2.40. The monoisotopic (exact) mass is 351 g/mol. The third-order valence-corrected chi connectivity index (χ3v) is 3.22. The number of hydrogen-bond donors (Lipinski definition) is 0. The standard InChI is InChI=1S/C13H10IN3O/c1-18-8-10-5-11(14)12(6-15)17-13(10)9-3-2-4-16-7-9/h2-5,7H,8H2,1H3. The summed E-state index contributed by atoms with van der Waals surface area (Å²) in [5.41, 5.74) is 3.02. The maximum atomic E-state index is 9.05. The Morgan fingerprint density at radius 3 is 2.94 bits per heavy atom. The van der Waals surface area contributed by atoms with Crippen LogP contribution in [0, 0.1) is 14.9 Å². The van der Waals surface area contributed by atoms with Gasteiger partial charge in [0.1, 0.15) is 6.07 Å². The third kappa shape index (κ3) is 2.66. The van der Waals surface area contributed by atoms with E-state index in [4.69, 9.17) is 10.00 Å². The van der Waals surface area contributed by atoms with Gasteiger partial charge >= 0.3 is 0 Å². The number of nitriles is 1. The molecule has 4 nitrogen and oxygen atoms in total. The van der Waals surface area contributed by atoms with Crippen LogP contribution >= 0.6 is 22.6 Å². The second-order valence-corrected chi connectivity index (χ2v) is 4.78. The van der Waals surface area contributed by atoms with Crippen molar-refractivity contribution in [2.75, 3.05) is 7.11 Å². The van der Waals surface area contributed by atoms with Crippen molar-refractivity contribution >= 4 is 22.6 Å². The van der Waals surface area contributed by atoms with Crippen molar-refractivity contribution in [3.8, 4) is 17.3 Å². The lowest BCUT2D eigenvalue weighted by atomic mass is 10.1. The molecule has 18 heavy (non-hydrogen) atoms. The van der Waals surface area contributed by atoms with Crippen molar-refractivity contribution < 1.29 is 4.74 Å². The number of methoxy groups -OCH3 is 1. The Morgan fingerprint density at radius 2 is 2.33 bits per heavy atom. The molecule has 2 rings (SSSR count). The van der Waals surface area contributed by atoms with E-state index in [1.165, 1.54) is 0 Å². The highest BCUT2D eigenvalue weighted by atomic mass is 127. The molecule has 2 aromatic rings. The Kier molecular flexibility index (Phi) is 4.23. The molecule has 0 fully saturated rings. The molecule has 0 aliphatic rings. The summed E-state index contributed by atoms with van der Waals surface area (Å²) < 4.78 is 6.00. The van der Waals surface area contributed by atoms with Gasteiger partial charge in [0.15, 0.2) is 5.69 Å². The van der Waals surface area contributed by atoms with Crippen LogP contribution < -0.4 is 0 Å². The van der Waals surface area contributed by atoms with E-state index < -0.39 is 0 Å². The zero-order valence-electron chi connectivity index (χ0n) is 9.72. The van der Waals surface area contributed by atoms with E-state index in [1.807, 2.05) is 18.2 Å². The number of halogens is 1. The Bertz CT molecular complexity index is 593. The smallest absolute Gasteiger partial charge is 0.154 e. The SMILES string of the molecule is COCc1cc(I)c(C#N)nc1-c1cccnc1. The molecular weight excluding hydrogens is 341 g/mol. The number of hydrogen-bond acceptors (Lipinski definition) is 4. The highest BCUT2D eigenvalue weighted by Crippen LogP contribution is 2.24. The summed E-state index contributed by atoms with van der Waals surface area (Å²) in [5, 5.41) is 9.05. The molecule has 90 valence electrons. The second-order valence-electron chi connectivity index (χ2n) is 3.61. The molecule has 2 heterocycles. The minimum atomic E-state index is 0.425. The van der Waals surface area contributed by atoms with Gasteiger partial charge in [0.25, 0.3) is 0 Å². The predicted octanol–water partition coefficient (Wildman–Crippen LogP) is 2.77. The number of rotatable bonds is 3. The molecular formula is C13H10IN3O. The molecule has 2 aromatic heterocycles. The van der Waals surface area contributed by atoms with Gasteiger partial charge in [0.2, 0.25) is 0 Å². The third-order valence-electron chi connectivity index (χ3n) is 2.40. The highest BCUT2D eigenvalue weighted by Gasteiger charge is 2.11. The van der Waals surface area contributed by atoms with E-state index in [0.29, 0.717) is 12.3 Å². The van der Waals surface area contributed by atoms with Gasteiger partial charge in [-0.2, -0.15) is 5.26 Å². The molecule has 0 aromatic carbocycles. The van der Waals surface area contributed by atoms with E-state index in [0.717, 1.165) is 20.4 Å².